The lowest BCUT2D eigenvalue weighted by atomic mass is 9.92. The first-order valence-corrected chi connectivity index (χ1v) is 12.0. The second-order valence-electron chi connectivity index (χ2n) is 8.91. The molecule has 0 bridgehead atoms. The van der Waals surface area contributed by atoms with Gasteiger partial charge in [-0.1, -0.05) is 72.8 Å². The quantitative estimate of drug-likeness (QED) is 0.249. The molecule has 0 spiro atoms. The van der Waals surface area contributed by atoms with Crippen LogP contribution in [0.2, 0.25) is 0 Å². The maximum atomic E-state index is 4.93. The molecule has 0 amide bonds. The fourth-order valence-electron chi connectivity index (χ4n) is 5.08. The summed E-state index contributed by atoms with van der Waals surface area (Å²) in [5, 5.41) is 7.60. The van der Waals surface area contributed by atoms with E-state index >= 15 is 0 Å². The van der Waals surface area contributed by atoms with Crippen LogP contribution in [-0.2, 0) is 0 Å². The molecule has 3 aromatic heterocycles. The van der Waals surface area contributed by atoms with E-state index in [0.29, 0.717) is 0 Å². The van der Waals surface area contributed by atoms with Gasteiger partial charge in [-0.15, -0.1) is 0 Å². The van der Waals surface area contributed by atoms with Gasteiger partial charge in [0.15, 0.2) is 0 Å². The molecule has 36 heavy (non-hydrogen) atoms. The Labute approximate surface area is 208 Å². The van der Waals surface area contributed by atoms with Gasteiger partial charge in [0.05, 0.1) is 22.8 Å². The number of fused-ring (bicyclic) bond motifs is 6. The molecular formula is C33H21N3. The summed E-state index contributed by atoms with van der Waals surface area (Å²) in [5.41, 5.74) is 5.57. The zero-order valence-corrected chi connectivity index (χ0v) is 19.5. The molecule has 3 nitrogen and oxygen atoms in total. The number of pyridine rings is 3. The van der Waals surface area contributed by atoms with Gasteiger partial charge in [-0.25, -0.2) is 4.98 Å². The zero-order chi connectivity index (χ0) is 23.9. The Hall–Kier alpha value is -4.89. The van der Waals surface area contributed by atoms with Crippen molar-refractivity contribution in [2.45, 2.75) is 0 Å². The standard InChI is InChI=1S/C33H21N3/c1-2-11-26-24(9-1)25-10-3-4-12-27(25)29-19-22(15-16-28(26)29)23-20-32(30-13-5-7-17-34-30)36-33(21-23)31-14-6-8-18-35-31/h1-21H. The molecule has 0 aliphatic heterocycles. The lowest BCUT2D eigenvalue weighted by Gasteiger charge is -2.13. The highest BCUT2D eigenvalue weighted by molar-refractivity contribution is 6.25. The van der Waals surface area contributed by atoms with Gasteiger partial charge in [0, 0.05) is 12.4 Å². The Morgan fingerprint density at radius 3 is 1.31 bits per heavy atom. The number of benzene rings is 4. The SMILES string of the molecule is c1ccc(-c2cc(-c3ccc4c5ccccc5c5ccccc5c4c3)cc(-c3ccccn3)n2)nc1. The highest BCUT2D eigenvalue weighted by Crippen LogP contribution is 2.38. The van der Waals surface area contributed by atoms with Gasteiger partial charge in [-0.2, -0.15) is 0 Å². The van der Waals surface area contributed by atoms with Crippen molar-refractivity contribution in [2.75, 3.05) is 0 Å². The Kier molecular flexibility index (Phi) is 4.78. The topological polar surface area (TPSA) is 38.7 Å². The molecule has 0 aliphatic carbocycles. The minimum absolute atomic E-state index is 0.831. The lowest BCUT2D eigenvalue weighted by molar-refractivity contribution is 1.22. The van der Waals surface area contributed by atoms with E-state index in [1.165, 1.54) is 32.3 Å². The molecular weight excluding hydrogens is 438 g/mol. The van der Waals surface area contributed by atoms with Crippen molar-refractivity contribution in [1.29, 1.82) is 0 Å². The second-order valence-corrected chi connectivity index (χ2v) is 8.91. The third-order valence-corrected chi connectivity index (χ3v) is 6.76. The average molecular weight is 460 g/mol. The molecule has 0 N–H and O–H groups in total. The molecule has 3 heteroatoms. The predicted molar refractivity (Wildman–Crippen MR) is 149 cm³/mol. The summed E-state index contributed by atoms with van der Waals surface area (Å²) in [4.78, 5) is 14.0. The molecule has 168 valence electrons. The van der Waals surface area contributed by atoms with Crippen LogP contribution in [0.15, 0.2) is 128 Å². The van der Waals surface area contributed by atoms with E-state index in [4.69, 9.17) is 4.98 Å². The smallest absolute Gasteiger partial charge is 0.0900 e. The van der Waals surface area contributed by atoms with E-state index in [1.54, 1.807) is 12.4 Å². The molecule has 7 aromatic rings. The summed E-state index contributed by atoms with van der Waals surface area (Å²) in [6, 6.07) is 40.2. The fourth-order valence-corrected chi connectivity index (χ4v) is 5.08. The van der Waals surface area contributed by atoms with Crippen LogP contribution in [0, 0.1) is 0 Å². The monoisotopic (exact) mass is 459 g/mol. The summed E-state index contributed by atoms with van der Waals surface area (Å²) in [5.74, 6) is 0. The zero-order valence-electron chi connectivity index (χ0n) is 19.5. The van der Waals surface area contributed by atoms with E-state index in [0.717, 1.165) is 33.9 Å². The minimum atomic E-state index is 0.831. The van der Waals surface area contributed by atoms with Gasteiger partial charge in [0.2, 0.25) is 0 Å². The maximum absolute atomic E-state index is 4.93. The first-order valence-electron chi connectivity index (χ1n) is 12.0. The normalized spacial score (nSPS) is 11.3. The lowest BCUT2D eigenvalue weighted by Crippen LogP contribution is -1.94. The van der Waals surface area contributed by atoms with Crippen molar-refractivity contribution >= 4 is 32.3 Å². The fraction of sp³-hybridized carbons (Fsp3) is 0. The van der Waals surface area contributed by atoms with Gasteiger partial charge in [-0.05, 0) is 85.9 Å². The van der Waals surface area contributed by atoms with Gasteiger partial charge in [-0.3, -0.25) is 9.97 Å². The molecule has 0 radical (unpaired) electrons. The van der Waals surface area contributed by atoms with Crippen LogP contribution in [0.25, 0.3) is 66.2 Å². The van der Waals surface area contributed by atoms with E-state index in [1.807, 2.05) is 36.4 Å². The van der Waals surface area contributed by atoms with Crippen LogP contribution in [-0.4, -0.2) is 15.0 Å². The maximum Gasteiger partial charge on any atom is 0.0900 e. The van der Waals surface area contributed by atoms with Gasteiger partial charge < -0.3 is 0 Å². The molecule has 4 aromatic carbocycles. The van der Waals surface area contributed by atoms with Gasteiger partial charge >= 0.3 is 0 Å². The molecule has 0 saturated carbocycles. The minimum Gasteiger partial charge on any atom is -0.255 e. The number of hydrogen-bond donors (Lipinski definition) is 0. The Bertz CT molecular complexity index is 1780. The van der Waals surface area contributed by atoms with Crippen molar-refractivity contribution in [3.8, 4) is 33.9 Å². The number of aromatic nitrogens is 3. The molecule has 0 unspecified atom stereocenters. The summed E-state index contributed by atoms with van der Waals surface area (Å²) in [6.45, 7) is 0. The Morgan fingerprint density at radius 1 is 0.333 bits per heavy atom. The van der Waals surface area contributed by atoms with Crippen LogP contribution >= 0.6 is 0 Å². The molecule has 0 saturated heterocycles. The van der Waals surface area contributed by atoms with Crippen LogP contribution in [0.4, 0.5) is 0 Å². The van der Waals surface area contributed by atoms with Crippen molar-refractivity contribution in [3.05, 3.63) is 128 Å². The molecule has 0 atom stereocenters. The second kappa shape index (κ2) is 8.40. The molecule has 0 fully saturated rings. The van der Waals surface area contributed by atoms with E-state index in [9.17, 15) is 0 Å². The summed E-state index contributed by atoms with van der Waals surface area (Å²) in [6.07, 6.45) is 3.61. The van der Waals surface area contributed by atoms with Crippen molar-refractivity contribution < 1.29 is 0 Å². The number of rotatable bonds is 3. The molecule has 0 aliphatic rings. The largest absolute Gasteiger partial charge is 0.255 e. The summed E-state index contributed by atoms with van der Waals surface area (Å²) in [7, 11) is 0. The van der Waals surface area contributed by atoms with Crippen LogP contribution < -0.4 is 0 Å². The third-order valence-electron chi connectivity index (χ3n) is 6.76. The summed E-state index contributed by atoms with van der Waals surface area (Å²) >= 11 is 0. The highest BCUT2D eigenvalue weighted by Gasteiger charge is 2.13. The van der Waals surface area contributed by atoms with E-state index < -0.39 is 0 Å². The first-order chi connectivity index (χ1) is 17.8. The Balaban J connectivity index is 1.51. The van der Waals surface area contributed by atoms with Crippen LogP contribution in [0.1, 0.15) is 0 Å². The van der Waals surface area contributed by atoms with Crippen molar-refractivity contribution in [3.63, 3.8) is 0 Å². The summed E-state index contributed by atoms with van der Waals surface area (Å²) < 4.78 is 0. The molecule has 7 rings (SSSR count). The van der Waals surface area contributed by atoms with Crippen molar-refractivity contribution in [2.24, 2.45) is 0 Å². The van der Waals surface area contributed by atoms with E-state index in [2.05, 4.69) is 88.8 Å². The third kappa shape index (κ3) is 3.41. The molecule has 3 heterocycles. The number of nitrogens with zero attached hydrogens (tertiary/aromatic N) is 3. The van der Waals surface area contributed by atoms with Crippen LogP contribution in [0.5, 0.6) is 0 Å². The number of hydrogen-bond acceptors (Lipinski definition) is 3. The highest BCUT2D eigenvalue weighted by atomic mass is 14.8. The first kappa shape index (κ1) is 20.5. The van der Waals surface area contributed by atoms with E-state index in [-0.39, 0.29) is 0 Å². The predicted octanol–water partition coefficient (Wildman–Crippen LogP) is 8.33. The van der Waals surface area contributed by atoms with Gasteiger partial charge in [0.25, 0.3) is 0 Å². The Morgan fingerprint density at radius 2 is 0.806 bits per heavy atom. The van der Waals surface area contributed by atoms with Crippen LogP contribution in [0.3, 0.4) is 0 Å². The van der Waals surface area contributed by atoms with Gasteiger partial charge in [0.1, 0.15) is 0 Å². The average Bonchev–Trinajstić information content (AvgIpc) is 2.98. The van der Waals surface area contributed by atoms with Crippen molar-refractivity contribution in [1.82, 2.24) is 15.0 Å².